The second-order valence-electron chi connectivity index (χ2n) is 6.21. The Hall–Kier alpha value is -2.00. The maximum atomic E-state index is 13.0. The summed E-state index contributed by atoms with van der Waals surface area (Å²) >= 11 is 5.81. The molecule has 0 atom stereocenters. The highest BCUT2D eigenvalue weighted by Gasteiger charge is 2.34. The fraction of sp³-hybridized carbons (Fsp3) is 0.278. The molecule has 1 saturated heterocycles. The number of benzene rings is 2. The van der Waals surface area contributed by atoms with Crippen LogP contribution < -0.4 is 5.32 Å². The van der Waals surface area contributed by atoms with E-state index in [0.29, 0.717) is 29.2 Å². The lowest BCUT2D eigenvalue weighted by molar-refractivity contribution is -0.116. The molecule has 3 rings (SSSR count). The standard InChI is InChI=1S/C18H19ClFN3O3S/c19-15-4-8-17(9-5-15)21-18(24)13-23-11-1-10-22(27(23,25)26)12-14-2-6-16(20)7-3-14/h2-9H,1,10-13H2,(H,21,24). The number of carbonyl (C=O) groups excluding carboxylic acids is 1. The Balaban J connectivity index is 1.65. The number of rotatable bonds is 5. The summed E-state index contributed by atoms with van der Waals surface area (Å²) in [6.45, 7) is 0.494. The van der Waals surface area contributed by atoms with Crippen LogP contribution in [0.1, 0.15) is 12.0 Å². The zero-order valence-electron chi connectivity index (χ0n) is 14.4. The van der Waals surface area contributed by atoms with E-state index < -0.39 is 16.1 Å². The molecule has 0 radical (unpaired) electrons. The van der Waals surface area contributed by atoms with Gasteiger partial charge in [0.2, 0.25) is 5.91 Å². The van der Waals surface area contributed by atoms with Gasteiger partial charge in [-0.2, -0.15) is 17.0 Å². The molecule has 1 aliphatic rings. The van der Waals surface area contributed by atoms with Crippen molar-refractivity contribution in [2.24, 2.45) is 0 Å². The smallest absolute Gasteiger partial charge is 0.282 e. The molecule has 1 amide bonds. The molecule has 27 heavy (non-hydrogen) atoms. The second kappa shape index (κ2) is 8.35. The molecule has 144 valence electrons. The third kappa shape index (κ3) is 5.04. The molecule has 0 aliphatic carbocycles. The molecule has 2 aromatic carbocycles. The first-order valence-corrected chi connectivity index (χ1v) is 10.2. The molecule has 1 aliphatic heterocycles. The van der Waals surface area contributed by atoms with Crippen molar-refractivity contribution in [2.75, 3.05) is 25.0 Å². The molecular weight excluding hydrogens is 393 g/mol. The van der Waals surface area contributed by atoms with E-state index >= 15 is 0 Å². The lowest BCUT2D eigenvalue weighted by Crippen LogP contribution is -2.51. The summed E-state index contributed by atoms with van der Waals surface area (Å²) in [5, 5.41) is 3.21. The number of nitrogens with one attached hydrogen (secondary N) is 1. The Bertz CT molecular complexity index is 904. The Morgan fingerprint density at radius 2 is 1.67 bits per heavy atom. The molecule has 0 saturated carbocycles. The monoisotopic (exact) mass is 411 g/mol. The highest BCUT2D eigenvalue weighted by molar-refractivity contribution is 7.86. The Morgan fingerprint density at radius 3 is 2.33 bits per heavy atom. The van der Waals surface area contributed by atoms with E-state index in [1.807, 2.05) is 0 Å². The van der Waals surface area contributed by atoms with Crippen molar-refractivity contribution in [3.8, 4) is 0 Å². The Morgan fingerprint density at radius 1 is 1.04 bits per heavy atom. The Kier molecular flexibility index (Phi) is 6.11. The molecule has 0 aromatic heterocycles. The molecule has 0 spiro atoms. The van der Waals surface area contributed by atoms with Crippen LogP contribution in [-0.4, -0.2) is 42.6 Å². The topological polar surface area (TPSA) is 69.7 Å². The molecule has 0 bridgehead atoms. The quantitative estimate of drug-likeness (QED) is 0.822. The maximum Gasteiger partial charge on any atom is 0.282 e. The van der Waals surface area contributed by atoms with Gasteiger partial charge < -0.3 is 5.32 Å². The van der Waals surface area contributed by atoms with Crippen LogP contribution in [0.2, 0.25) is 5.02 Å². The molecule has 6 nitrogen and oxygen atoms in total. The van der Waals surface area contributed by atoms with Gasteiger partial charge in [0.15, 0.2) is 0 Å². The molecule has 2 aromatic rings. The predicted octanol–water partition coefficient (Wildman–Crippen LogP) is 2.87. The molecule has 0 unspecified atom stereocenters. The van der Waals surface area contributed by atoms with Crippen molar-refractivity contribution in [1.29, 1.82) is 0 Å². The maximum absolute atomic E-state index is 13.0. The third-order valence-corrected chi connectivity index (χ3v) is 6.37. The van der Waals surface area contributed by atoms with Gasteiger partial charge in [0.05, 0.1) is 6.54 Å². The molecule has 1 heterocycles. The summed E-state index contributed by atoms with van der Waals surface area (Å²) in [7, 11) is -3.78. The van der Waals surface area contributed by atoms with Crippen LogP contribution in [0.5, 0.6) is 0 Å². The molecular formula is C18H19ClFN3O3S. The van der Waals surface area contributed by atoms with Crippen molar-refractivity contribution in [1.82, 2.24) is 8.61 Å². The zero-order chi connectivity index (χ0) is 19.4. The summed E-state index contributed by atoms with van der Waals surface area (Å²) in [4.78, 5) is 12.2. The number of nitrogens with zero attached hydrogens (tertiary/aromatic N) is 2. The average molecular weight is 412 g/mol. The minimum atomic E-state index is -3.78. The summed E-state index contributed by atoms with van der Waals surface area (Å²) in [6, 6.07) is 12.3. The van der Waals surface area contributed by atoms with Crippen molar-refractivity contribution >= 4 is 33.4 Å². The fourth-order valence-electron chi connectivity index (χ4n) is 2.83. The lowest BCUT2D eigenvalue weighted by atomic mass is 10.2. The first-order valence-electron chi connectivity index (χ1n) is 8.40. The largest absolute Gasteiger partial charge is 0.325 e. The van der Waals surface area contributed by atoms with Gasteiger partial charge in [0, 0.05) is 30.3 Å². The van der Waals surface area contributed by atoms with Crippen LogP contribution in [0.3, 0.4) is 0 Å². The van der Waals surface area contributed by atoms with E-state index in [9.17, 15) is 17.6 Å². The molecule has 1 N–H and O–H groups in total. The van der Waals surface area contributed by atoms with Gasteiger partial charge in [-0.05, 0) is 48.4 Å². The number of anilines is 1. The van der Waals surface area contributed by atoms with E-state index in [1.54, 1.807) is 36.4 Å². The number of hydrogen-bond donors (Lipinski definition) is 1. The van der Waals surface area contributed by atoms with E-state index in [-0.39, 0.29) is 25.5 Å². The van der Waals surface area contributed by atoms with Gasteiger partial charge in [-0.15, -0.1) is 0 Å². The van der Waals surface area contributed by atoms with Crippen LogP contribution in [0.15, 0.2) is 48.5 Å². The summed E-state index contributed by atoms with van der Waals surface area (Å²) in [5.74, 6) is -0.801. The van der Waals surface area contributed by atoms with Crippen LogP contribution in [0.25, 0.3) is 0 Å². The zero-order valence-corrected chi connectivity index (χ0v) is 16.0. The number of amides is 1. The van der Waals surface area contributed by atoms with Crippen molar-refractivity contribution in [3.05, 3.63) is 64.9 Å². The number of hydrogen-bond acceptors (Lipinski definition) is 3. The van der Waals surface area contributed by atoms with Gasteiger partial charge in [-0.1, -0.05) is 23.7 Å². The third-order valence-electron chi connectivity index (χ3n) is 4.19. The summed E-state index contributed by atoms with van der Waals surface area (Å²) in [6.07, 6.45) is 0.606. The predicted molar refractivity (Wildman–Crippen MR) is 102 cm³/mol. The van der Waals surface area contributed by atoms with E-state index in [0.717, 1.165) is 4.31 Å². The highest BCUT2D eigenvalue weighted by Crippen LogP contribution is 2.20. The summed E-state index contributed by atoms with van der Waals surface area (Å²) < 4.78 is 41.1. The van der Waals surface area contributed by atoms with Gasteiger partial charge in [-0.25, -0.2) is 4.39 Å². The van der Waals surface area contributed by atoms with Crippen LogP contribution in [-0.2, 0) is 21.5 Å². The van der Waals surface area contributed by atoms with E-state index in [1.165, 1.54) is 16.4 Å². The molecule has 1 fully saturated rings. The second-order valence-corrected chi connectivity index (χ2v) is 8.57. The number of carbonyl (C=O) groups is 1. The van der Waals surface area contributed by atoms with Gasteiger partial charge in [0.25, 0.3) is 10.2 Å². The first kappa shape index (κ1) is 19.8. The van der Waals surface area contributed by atoms with Crippen molar-refractivity contribution in [3.63, 3.8) is 0 Å². The van der Waals surface area contributed by atoms with Gasteiger partial charge >= 0.3 is 0 Å². The van der Waals surface area contributed by atoms with Gasteiger partial charge in [-0.3, -0.25) is 4.79 Å². The van der Waals surface area contributed by atoms with Gasteiger partial charge in [0.1, 0.15) is 5.82 Å². The van der Waals surface area contributed by atoms with Crippen LogP contribution in [0, 0.1) is 5.82 Å². The average Bonchev–Trinajstić information content (AvgIpc) is 2.62. The fourth-order valence-corrected chi connectivity index (χ4v) is 4.59. The lowest BCUT2D eigenvalue weighted by Gasteiger charge is -2.34. The highest BCUT2D eigenvalue weighted by atomic mass is 35.5. The van der Waals surface area contributed by atoms with Crippen molar-refractivity contribution < 1.29 is 17.6 Å². The first-order chi connectivity index (χ1) is 12.8. The van der Waals surface area contributed by atoms with E-state index in [2.05, 4.69) is 5.32 Å². The number of halogens is 2. The normalized spacial score (nSPS) is 17.6. The minimum absolute atomic E-state index is 0.137. The minimum Gasteiger partial charge on any atom is -0.325 e. The van der Waals surface area contributed by atoms with E-state index in [4.69, 9.17) is 11.6 Å². The van der Waals surface area contributed by atoms with Crippen molar-refractivity contribution in [2.45, 2.75) is 13.0 Å². The Labute approximate surface area is 162 Å². The SMILES string of the molecule is O=C(CN1CCCN(Cc2ccc(F)cc2)S1(=O)=O)Nc1ccc(Cl)cc1. The van der Waals surface area contributed by atoms with Crippen LogP contribution >= 0.6 is 11.6 Å². The summed E-state index contributed by atoms with van der Waals surface area (Å²) in [5.41, 5.74) is 1.23. The van der Waals surface area contributed by atoms with Crippen LogP contribution in [0.4, 0.5) is 10.1 Å². The molecule has 9 heteroatoms.